The van der Waals surface area contributed by atoms with E-state index in [2.05, 4.69) is 0 Å². The lowest BCUT2D eigenvalue weighted by Crippen LogP contribution is -2.37. The average Bonchev–Trinajstić information content (AvgIpc) is 2.66. The fourth-order valence-corrected chi connectivity index (χ4v) is 2.65. The molecule has 0 spiro atoms. The lowest BCUT2D eigenvalue weighted by Gasteiger charge is -2.22. The summed E-state index contributed by atoms with van der Waals surface area (Å²) in [4.78, 5) is 24.5. The van der Waals surface area contributed by atoms with Crippen molar-refractivity contribution in [3.63, 3.8) is 0 Å². The fraction of sp³-hybridized carbons (Fsp3) is 0.312. The second kappa shape index (κ2) is 5.52. The zero-order valence-corrected chi connectivity index (χ0v) is 12.4. The van der Waals surface area contributed by atoms with E-state index in [0.717, 1.165) is 23.0 Å². The molecule has 5 heteroatoms. The quantitative estimate of drug-likeness (QED) is 0.485. The fourth-order valence-electron chi connectivity index (χ4n) is 2.65. The van der Waals surface area contributed by atoms with E-state index in [0.29, 0.717) is 6.42 Å². The monoisotopic (exact) mass is 286 g/mol. The maximum absolute atomic E-state index is 12.7. The summed E-state index contributed by atoms with van der Waals surface area (Å²) in [7, 11) is 1.70. The van der Waals surface area contributed by atoms with E-state index in [4.69, 9.17) is 0 Å². The summed E-state index contributed by atoms with van der Waals surface area (Å²) in [6.45, 7) is 3.89. The number of hydrogen-bond acceptors (Lipinski definition) is 3. The van der Waals surface area contributed by atoms with E-state index in [1.165, 1.54) is 6.08 Å². The van der Waals surface area contributed by atoms with Crippen LogP contribution >= 0.6 is 0 Å². The number of carbonyl (C=O) groups is 1. The minimum absolute atomic E-state index is 0.140. The number of carbonyl (C=O) groups excluding carboxylic acids is 1. The third-order valence-corrected chi connectivity index (χ3v) is 3.75. The van der Waals surface area contributed by atoms with E-state index in [9.17, 15) is 14.9 Å². The third-order valence-electron chi connectivity index (χ3n) is 3.75. The number of hydrogen-bond donors (Lipinski definition) is 0. The summed E-state index contributed by atoms with van der Waals surface area (Å²) in [6.07, 6.45) is 4.64. The Morgan fingerprint density at radius 1 is 1.38 bits per heavy atom. The van der Waals surface area contributed by atoms with Gasteiger partial charge in [-0.25, -0.2) is 0 Å². The number of fused-ring (bicyclic) bond motifs is 1. The van der Waals surface area contributed by atoms with Crippen LogP contribution in [-0.2, 0) is 10.2 Å². The summed E-state index contributed by atoms with van der Waals surface area (Å²) in [6, 6.07) is 7.43. The second-order valence-corrected chi connectivity index (χ2v) is 5.44. The van der Waals surface area contributed by atoms with Gasteiger partial charge in [0.05, 0.1) is 4.92 Å². The Balaban J connectivity index is 2.61. The molecule has 0 N–H and O–H groups in total. The zero-order valence-electron chi connectivity index (χ0n) is 12.4. The number of nitro groups is 1. The van der Waals surface area contributed by atoms with E-state index in [-0.39, 0.29) is 5.91 Å². The van der Waals surface area contributed by atoms with E-state index in [1.807, 2.05) is 44.2 Å². The number of nitrogens with zero attached hydrogens (tertiary/aromatic N) is 2. The van der Waals surface area contributed by atoms with Gasteiger partial charge >= 0.3 is 0 Å². The van der Waals surface area contributed by atoms with Crippen molar-refractivity contribution >= 4 is 11.6 Å². The van der Waals surface area contributed by atoms with Gasteiger partial charge in [-0.05, 0) is 31.9 Å². The van der Waals surface area contributed by atoms with Gasteiger partial charge in [0.15, 0.2) is 0 Å². The standard InChI is InChI=1S/C16H18N2O3/c1-12(2)8-9-16(10-11-18(20)21)13-6-4-5-7-14(13)17(3)15(16)19/h4-8,10-11H,9H2,1-3H3/b11-10+/t16-/m0/s1. The highest BCUT2D eigenvalue weighted by molar-refractivity contribution is 6.09. The maximum Gasteiger partial charge on any atom is 0.241 e. The molecule has 1 aromatic rings. The van der Waals surface area contributed by atoms with Crippen molar-refractivity contribution in [1.29, 1.82) is 0 Å². The van der Waals surface area contributed by atoms with Gasteiger partial charge in [-0.2, -0.15) is 0 Å². The van der Waals surface area contributed by atoms with Crippen LogP contribution in [0.5, 0.6) is 0 Å². The van der Waals surface area contributed by atoms with Crippen molar-refractivity contribution in [3.8, 4) is 0 Å². The van der Waals surface area contributed by atoms with E-state index < -0.39 is 10.3 Å². The zero-order chi connectivity index (χ0) is 15.6. The van der Waals surface area contributed by atoms with Gasteiger partial charge < -0.3 is 4.90 Å². The predicted octanol–water partition coefficient (Wildman–Crippen LogP) is 3.05. The van der Waals surface area contributed by atoms with Crippen molar-refractivity contribution in [2.45, 2.75) is 25.7 Å². The second-order valence-electron chi connectivity index (χ2n) is 5.44. The number of allylic oxidation sites excluding steroid dienone is 2. The Bertz CT molecular complexity index is 645. The molecule has 2 rings (SSSR count). The first-order valence-corrected chi connectivity index (χ1v) is 6.72. The van der Waals surface area contributed by atoms with Gasteiger partial charge in [-0.1, -0.05) is 29.8 Å². The highest BCUT2D eigenvalue weighted by Crippen LogP contribution is 2.44. The van der Waals surface area contributed by atoms with Crippen LogP contribution in [0.4, 0.5) is 5.69 Å². The molecule has 1 amide bonds. The van der Waals surface area contributed by atoms with Crippen LogP contribution in [0.15, 0.2) is 48.2 Å². The largest absolute Gasteiger partial charge is 0.314 e. The minimum Gasteiger partial charge on any atom is -0.314 e. The maximum atomic E-state index is 12.7. The number of para-hydroxylation sites is 1. The van der Waals surface area contributed by atoms with Gasteiger partial charge in [0, 0.05) is 18.8 Å². The van der Waals surface area contributed by atoms with Gasteiger partial charge in [0.25, 0.3) is 0 Å². The number of amides is 1. The Morgan fingerprint density at radius 3 is 2.67 bits per heavy atom. The lowest BCUT2D eigenvalue weighted by atomic mass is 9.78. The van der Waals surface area contributed by atoms with Gasteiger partial charge in [0.2, 0.25) is 12.1 Å². The van der Waals surface area contributed by atoms with Crippen molar-refractivity contribution in [3.05, 3.63) is 63.9 Å². The number of anilines is 1. The van der Waals surface area contributed by atoms with Crippen LogP contribution in [0.25, 0.3) is 0 Å². The molecule has 110 valence electrons. The molecule has 5 nitrogen and oxygen atoms in total. The third kappa shape index (κ3) is 2.59. The minimum atomic E-state index is -0.990. The first-order chi connectivity index (χ1) is 9.88. The molecule has 0 bridgehead atoms. The highest BCUT2D eigenvalue weighted by Gasteiger charge is 2.47. The molecule has 0 radical (unpaired) electrons. The predicted molar refractivity (Wildman–Crippen MR) is 81.7 cm³/mol. The molecule has 0 aliphatic carbocycles. The molecule has 0 unspecified atom stereocenters. The summed E-state index contributed by atoms with van der Waals surface area (Å²) in [5.41, 5.74) is 1.70. The van der Waals surface area contributed by atoms with Crippen LogP contribution < -0.4 is 4.90 Å². The van der Waals surface area contributed by atoms with Crippen molar-refractivity contribution in [1.82, 2.24) is 0 Å². The highest BCUT2D eigenvalue weighted by atomic mass is 16.6. The Kier molecular flexibility index (Phi) is 3.93. The molecule has 0 saturated carbocycles. The molecule has 0 saturated heterocycles. The average molecular weight is 286 g/mol. The van der Waals surface area contributed by atoms with Crippen molar-refractivity contribution in [2.24, 2.45) is 0 Å². The molecule has 1 heterocycles. The van der Waals surface area contributed by atoms with Crippen LogP contribution in [0.1, 0.15) is 25.8 Å². The van der Waals surface area contributed by atoms with Crippen LogP contribution in [0.3, 0.4) is 0 Å². The molecule has 21 heavy (non-hydrogen) atoms. The van der Waals surface area contributed by atoms with Crippen molar-refractivity contribution < 1.29 is 9.72 Å². The Labute approximate surface area is 123 Å². The van der Waals surface area contributed by atoms with Crippen molar-refractivity contribution in [2.75, 3.05) is 11.9 Å². The lowest BCUT2D eigenvalue weighted by molar-refractivity contribution is -0.402. The molecule has 1 aliphatic heterocycles. The topological polar surface area (TPSA) is 63.5 Å². The van der Waals surface area contributed by atoms with Crippen LogP contribution in [0.2, 0.25) is 0 Å². The summed E-state index contributed by atoms with van der Waals surface area (Å²) in [5.74, 6) is -0.140. The van der Waals surface area contributed by atoms with E-state index >= 15 is 0 Å². The van der Waals surface area contributed by atoms with Crippen LogP contribution in [0, 0.1) is 10.1 Å². The van der Waals surface area contributed by atoms with Gasteiger partial charge in [0.1, 0.15) is 5.41 Å². The SMILES string of the molecule is CC(C)=CC[C@@]1(/C=C/[N+](=O)[O-])C(=O)N(C)c2ccccc21. The van der Waals surface area contributed by atoms with Gasteiger partial charge in [-0.15, -0.1) is 0 Å². The normalized spacial score (nSPS) is 20.7. The summed E-state index contributed by atoms with van der Waals surface area (Å²) in [5, 5.41) is 10.7. The van der Waals surface area contributed by atoms with Gasteiger partial charge in [-0.3, -0.25) is 14.9 Å². The number of likely N-dealkylation sites (N-methyl/N-ethyl adjacent to an activating group) is 1. The first-order valence-electron chi connectivity index (χ1n) is 6.72. The number of rotatable bonds is 4. The Hall–Kier alpha value is -2.43. The molecule has 1 atom stereocenters. The molecular formula is C16H18N2O3. The van der Waals surface area contributed by atoms with Crippen LogP contribution in [-0.4, -0.2) is 17.9 Å². The summed E-state index contributed by atoms with van der Waals surface area (Å²) < 4.78 is 0. The number of benzene rings is 1. The molecule has 0 aromatic heterocycles. The molecule has 1 aromatic carbocycles. The molecular weight excluding hydrogens is 268 g/mol. The molecule has 1 aliphatic rings. The van der Waals surface area contributed by atoms with E-state index in [1.54, 1.807) is 11.9 Å². The Morgan fingerprint density at radius 2 is 2.05 bits per heavy atom. The summed E-state index contributed by atoms with van der Waals surface area (Å²) >= 11 is 0. The smallest absolute Gasteiger partial charge is 0.241 e. The first kappa shape index (κ1) is 15.0. The molecule has 0 fully saturated rings.